The molecular formula is C17H18N2O5. The first-order valence-corrected chi connectivity index (χ1v) is 7.25. The Labute approximate surface area is 139 Å². The standard InChI is InChI=1S/C17H18N2O5/c1-23-15-9-8-13(10-14(15)19(21)22)17(20)18-11-16(24-2)12-6-4-3-5-7-12/h3-10,16H,11H2,1-2H3,(H,18,20). The summed E-state index contributed by atoms with van der Waals surface area (Å²) >= 11 is 0. The van der Waals surface area contributed by atoms with E-state index in [1.807, 2.05) is 30.3 Å². The van der Waals surface area contributed by atoms with Gasteiger partial charge < -0.3 is 14.8 Å². The molecule has 0 radical (unpaired) electrons. The number of ether oxygens (including phenoxy) is 2. The van der Waals surface area contributed by atoms with Gasteiger partial charge in [0.2, 0.25) is 0 Å². The first-order valence-electron chi connectivity index (χ1n) is 7.25. The van der Waals surface area contributed by atoms with Crippen LogP contribution in [0.5, 0.6) is 5.75 Å². The molecule has 0 saturated carbocycles. The summed E-state index contributed by atoms with van der Waals surface area (Å²) in [6.45, 7) is 0.249. The second-order valence-corrected chi connectivity index (χ2v) is 4.99. The number of nitro benzene ring substituents is 1. The molecule has 1 N–H and O–H groups in total. The molecule has 1 amide bonds. The van der Waals surface area contributed by atoms with Crippen LogP contribution in [0.1, 0.15) is 22.0 Å². The first kappa shape index (κ1) is 17.4. The zero-order valence-corrected chi connectivity index (χ0v) is 13.4. The van der Waals surface area contributed by atoms with Crippen molar-refractivity contribution in [3.8, 4) is 5.75 Å². The zero-order chi connectivity index (χ0) is 17.5. The monoisotopic (exact) mass is 330 g/mol. The molecule has 0 aliphatic rings. The Morgan fingerprint density at radius 2 is 1.92 bits per heavy atom. The van der Waals surface area contributed by atoms with Crippen LogP contribution in [0.25, 0.3) is 0 Å². The molecule has 0 aliphatic carbocycles. The van der Waals surface area contributed by atoms with Crippen LogP contribution in [0.4, 0.5) is 5.69 Å². The lowest BCUT2D eigenvalue weighted by atomic mass is 10.1. The van der Waals surface area contributed by atoms with Gasteiger partial charge in [-0.1, -0.05) is 30.3 Å². The van der Waals surface area contributed by atoms with E-state index >= 15 is 0 Å². The average molecular weight is 330 g/mol. The summed E-state index contributed by atoms with van der Waals surface area (Å²) in [5, 5.41) is 13.8. The molecule has 2 aromatic rings. The molecule has 0 fully saturated rings. The van der Waals surface area contributed by atoms with Crippen LogP contribution >= 0.6 is 0 Å². The van der Waals surface area contributed by atoms with Crippen molar-refractivity contribution in [1.29, 1.82) is 0 Å². The predicted molar refractivity (Wildman–Crippen MR) is 88.2 cm³/mol. The lowest BCUT2D eigenvalue weighted by Gasteiger charge is -2.16. The lowest BCUT2D eigenvalue weighted by Crippen LogP contribution is -2.29. The molecule has 1 unspecified atom stereocenters. The Morgan fingerprint density at radius 3 is 2.50 bits per heavy atom. The summed E-state index contributed by atoms with van der Waals surface area (Å²) in [6, 6.07) is 13.5. The van der Waals surface area contributed by atoms with Crippen molar-refractivity contribution >= 4 is 11.6 Å². The SMILES string of the molecule is COc1ccc(C(=O)NCC(OC)c2ccccc2)cc1[N+](=O)[O-]. The molecule has 7 nitrogen and oxygen atoms in total. The molecule has 2 rings (SSSR count). The van der Waals surface area contributed by atoms with E-state index < -0.39 is 10.8 Å². The highest BCUT2D eigenvalue weighted by Crippen LogP contribution is 2.27. The maximum Gasteiger partial charge on any atom is 0.311 e. The molecule has 2 aromatic carbocycles. The Hall–Kier alpha value is -2.93. The molecule has 1 atom stereocenters. The zero-order valence-electron chi connectivity index (χ0n) is 13.4. The normalized spacial score (nSPS) is 11.6. The molecule has 0 heterocycles. The molecule has 0 bridgehead atoms. The van der Waals surface area contributed by atoms with E-state index in [1.165, 1.54) is 25.3 Å². The van der Waals surface area contributed by atoms with Crippen molar-refractivity contribution in [1.82, 2.24) is 5.32 Å². The minimum absolute atomic E-state index is 0.107. The summed E-state index contributed by atoms with van der Waals surface area (Å²) < 4.78 is 10.3. The van der Waals surface area contributed by atoms with E-state index in [4.69, 9.17) is 9.47 Å². The number of nitrogens with one attached hydrogen (secondary N) is 1. The van der Waals surface area contributed by atoms with E-state index in [0.29, 0.717) is 0 Å². The van der Waals surface area contributed by atoms with Gasteiger partial charge in [-0.2, -0.15) is 0 Å². The fourth-order valence-corrected chi connectivity index (χ4v) is 2.27. The first-order chi connectivity index (χ1) is 11.6. The van der Waals surface area contributed by atoms with Gasteiger partial charge in [0.25, 0.3) is 5.91 Å². The van der Waals surface area contributed by atoms with Gasteiger partial charge >= 0.3 is 5.69 Å². The van der Waals surface area contributed by atoms with Crippen LogP contribution in [0.2, 0.25) is 0 Å². The highest BCUT2D eigenvalue weighted by molar-refractivity contribution is 5.95. The van der Waals surface area contributed by atoms with Crippen molar-refractivity contribution in [2.45, 2.75) is 6.10 Å². The highest BCUT2D eigenvalue weighted by Gasteiger charge is 2.19. The highest BCUT2D eigenvalue weighted by atomic mass is 16.6. The minimum atomic E-state index is -0.586. The van der Waals surface area contributed by atoms with Gasteiger partial charge in [-0.3, -0.25) is 14.9 Å². The van der Waals surface area contributed by atoms with Crippen molar-refractivity contribution in [2.75, 3.05) is 20.8 Å². The Bertz CT molecular complexity index is 718. The van der Waals surface area contributed by atoms with Crippen LogP contribution in [0.3, 0.4) is 0 Å². The molecule has 0 spiro atoms. The second kappa shape index (κ2) is 8.07. The van der Waals surface area contributed by atoms with Crippen molar-refractivity contribution in [3.05, 3.63) is 69.8 Å². The topological polar surface area (TPSA) is 90.7 Å². The fourth-order valence-electron chi connectivity index (χ4n) is 2.27. The number of hydrogen-bond acceptors (Lipinski definition) is 5. The number of methoxy groups -OCH3 is 2. The summed E-state index contributed by atoms with van der Waals surface area (Å²) in [6.07, 6.45) is -0.302. The largest absolute Gasteiger partial charge is 0.490 e. The van der Waals surface area contributed by atoms with Gasteiger partial charge in [0, 0.05) is 25.3 Å². The molecular weight excluding hydrogens is 312 g/mol. The molecule has 7 heteroatoms. The van der Waals surface area contributed by atoms with E-state index in [-0.39, 0.29) is 29.6 Å². The van der Waals surface area contributed by atoms with Crippen molar-refractivity contribution in [2.24, 2.45) is 0 Å². The Morgan fingerprint density at radius 1 is 1.21 bits per heavy atom. The molecule has 0 aromatic heterocycles. The predicted octanol–water partition coefficient (Wildman–Crippen LogP) is 2.72. The summed E-state index contributed by atoms with van der Waals surface area (Å²) in [4.78, 5) is 22.7. The van der Waals surface area contributed by atoms with Gasteiger partial charge in [-0.25, -0.2) is 0 Å². The number of benzene rings is 2. The number of nitro groups is 1. The Kier molecular flexibility index (Phi) is 5.86. The number of carbonyl (C=O) groups is 1. The van der Waals surface area contributed by atoms with Crippen LogP contribution in [-0.4, -0.2) is 31.6 Å². The number of amides is 1. The van der Waals surface area contributed by atoms with E-state index in [2.05, 4.69) is 5.32 Å². The summed E-state index contributed by atoms with van der Waals surface area (Å²) in [7, 11) is 2.90. The fraction of sp³-hybridized carbons (Fsp3) is 0.235. The second-order valence-electron chi connectivity index (χ2n) is 4.99. The quantitative estimate of drug-likeness (QED) is 0.622. The number of hydrogen-bond donors (Lipinski definition) is 1. The van der Waals surface area contributed by atoms with Crippen LogP contribution in [0, 0.1) is 10.1 Å². The smallest absolute Gasteiger partial charge is 0.311 e. The van der Waals surface area contributed by atoms with Gasteiger partial charge in [-0.05, 0) is 17.7 Å². The summed E-state index contributed by atoms with van der Waals surface area (Å²) in [5.74, 6) is -0.311. The molecule has 126 valence electrons. The molecule has 0 aliphatic heterocycles. The van der Waals surface area contributed by atoms with E-state index in [1.54, 1.807) is 7.11 Å². The lowest BCUT2D eigenvalue weighted by molar-refractivity contribution is -0.385. The van der Waals surface area contributed by atoms with Gasteiger partial charge in [-0.15, -0.1) is 0 Å². The van der Waals surface area contributed by atoms with E-state index in [9.17, 15) is 14.9 Å². The third-order valence-corrected chi connectivity index (χ3v) is 3.54. The van der Waals surface area contributed by atoms with E-state index in [0.717, 1.165) is 5.56 Å². The van der Waals surface area contributed by atoms with Crippen LogP contribution in [0.15, 0.2) is 48.5 Å². The van der Waals surface area contributed by atoms with Gasteiger partial charge in [0.1, 0.15) is 0 Å². The molecule has 24 heavy (non-hydrogen) atoms. The average Bonchev–Trinajstić information content (AvgIpc) is 2.62. The third-order valence-electron chi connectivity index (χ3n) is 3.54. The van der Waals surface area contributed by atoms with Crippen molar-refractivity contribution in [3.63, 3.8) is 0 Å². The van der Waals surface area contributed by atoms with Gasteiger partial charge in [0.15, 0.2) is 5.75 Å². The third kappa shape index (κ3) is 4.08. The number of carbonyl (C=O) groups excluding carboxylic acids is 1. The van der Waals surface area contributed by atoms with Crippen LogP contribution in [-0.2, 0) is 4.74 Å². The van der Waals surface area contributed by atoms with Gasteiger partial charge in [0.05, 0.1) is 18.1 Å². The number of rotatable bonds is 7. The Balaban J connectivity index is 2.09. The summed E-state index contributed by atoms with van der Waals surface area (Å²) in [5.41, 5.74) is 0.864. The van der Waals surface area contributed by atoms with Crippen molar-refractivity contribution < 1.29 is 19.2 Å². The number of nitrogens with zero attached hydrogens (tertiary/aromatic N) is 1. The molecule has 0 saturated heterocycles. The maximum atomic E-state index is 12.2. The minimum Gasteiger partial charge on any atom is -0.490 e. The van der Waals surface area contributed by atoms with Crippen LogP contribution < -0.4 is 10.1 Å². The maximum absolute atomic E-state index is 12.2.